The molecule has 1 heterocycles. The van der Waals surface area contributed by atoms with Gasteiger partial charge in [-0.15, -0.1) is 5.54 Å². The average molecular weight is 389 g/mol. The van der Waals surface area contributed by atoms with Gasteiger partial charge in [-0.05, 0) is 24.6 Å². The van der Waals surface area contributed by atoms with Crippen LogP contribution >= 0.6 is 0 Å². The summed E-state index contributed by atoms with van der Waals surface area (Å²) in [4.78, 5) is 19.4. The van der Waals surface area contributed by atoms with E-state index in [0.717, 1.165) is 16.8 Å². The SMILES string of the molecule is Cc1coc(N(Cc2ccccc2)C(=O)c2ccccc2C#C[Si](C)(C)C)n1. The van der Waals surface area contributed by atoms with Crippen molar-refractivity contribution in [2.75, 3.05) is 4.90 Å². The molecule has 0 aliphatic heterocycles. The van der Waals surface area contributed by atoms with E-state index >= 15 is 0 Å². The summed E-state index contributed by atoms with van der Waals surface area (Å²) < 4.78 is 5.56. The molecule has 0 fully saturated rings. The van der Waals surface area contributed by atoms with Crippen LogP contribution < -0.4 is 4.90 Å². The van der Waals surface area contributed by atoms with Gasteiger partial charge in [0, 0.05) is 5.56 Å². The van der Waals surface area contributed by atoms with Gasteiger partial charge in [0.25, 0.3) is 5.91 Å². The standard InChI is InChI=1S/C23H24N2O2Si/c1-18-17-27-23(24-18)25(16-19-10-6-5-7-11-19)22(26)21-13-9-8-12-20(21)14-15-28(2,3)4/h5-13,17H,16H2,1-4H3. The number of aryl methyl sites for hydroxylation is 1. The lowest BCUT2D eigenvalue weighted by atomic mass is 10.1. The van der Waals surface area contributed by atoms with E-state index in [2.05, 4.69) is 36.1 Å². The molecule has 3 rings (SSSR count). The molecule has 142 valence electrons. The molecule has 2 aromatic carbocycles. The van der Waals surface area contributed by atoms with E-state index in [1.165, 1.54) is 0 Å². The Morgan fingerprint density at radius 2 is 1.75 bits per heavy atom. The van der Waals surface area contributed by atoms with Crippen molar-refractivity contribution in [2.24, 2.45) is 0 Å². The Bertz CT molecular complexity index is 1020. The Morgan fingerprint density at radius 3 is 2.39 bits per heavy atom. The van der Waals surface area contributed by atoms with Gasteiger partial charge < -0.3 is 4.42 Å². The fourth-order valence-corrected chi connectivity index (χ4v) is 3.15. The number of amides is 1. The van der Waals surface area contributed by atoms with Crippen molar-refractivity contribution >= 4 is 20.0 Å². The molecule has 0 aliphatic carbocycles. The van der Waals surface area contributed by atoms with Crippen LogP contribution in [0.5, 0.6) is 0 Å². The predicted octanol–water partition coefficient (Wildman–Crippen LogP) is 5.06. The number of aromatic nitrogens is 1. The summed E-state index contributed by atoms with van der Waals surface area (Å²) in [6.07, 6.45) is 1.55. The summed E-state index contributed by atoms with van der Waals surface area (Å²) in [5.41, 5.74) is 6.36. The molecular weight excluding hydrogens is 364 g/mol. The molecule has 0 bridgehead atoms. The maximum absolute atomic E-state index is 13.5. The smallest absolute Gasteiger partial charge is 0.304 e. The topological polar surface area (TPSA) is 46.3 Å². The van der Waals surface area contributed by atoms with Gasteiger partial charge in [0.05, 0.1) is 17.8 Å². The lowest BCUT2D eigenvalue weighted by Gasteiger charge is -2.19. The quantitative estimate of drug-likeness (QED) is 0.464. The minimum atomic E-state index is -1.56. The lowest BCUT2D eigenvalue weighted by molar-refractivity contribution is 0.0979. The highest BCUT2D eigenvalue weighted by molar-refractivity contribution is 6.83. The third-order valence-corrected chi connectivity index (χ3v) is 4.87. The normalized spacial score (nSPS) is 10.9. The number of benzene rings is 2. The first-order valence-corrected chi connectivity index (χ1v) is 12.7. The Morgan fingerprint density at radius 1 is 1.07 bits per heavy atom. The van der Waals surface area contributed by atoms with Crippen LogP contribution in [-0.4, -0.2) is 19.0 Å². The molecule has 0 saturated carbocycles. The number of carbonyl (C=O) groups excluding carboxylic acids is 1. The van der Waals surface area contributed by atoms with Crippen LogP contribution in [0.2, 0.25) is 19.6 Å². The van der Waals surface area contributed by atoms with E-state index in [0.29, 0.717) is 18.1 Å². The van der Waals surface area contributed by atoms with Crippen molar-refractivity contribution in [1.82, 2.24) is 4.98 Å². The Kier molecular flexibility index (Phi) is 5.81. The summed E-state index contributed by atoms with van der Waals surface area (Å²) >= 11 is 0. The molecule has 5 heteroatoms. The first kappa shape index (κ1) is 19.7. The van der Waals surface area contributed by atoms with Crippen LogP contribution in [0.15, 0.2) is 65.3 Å². The molecule has 28 heavy (non-hydrogen) atoms. The summed E-state index contributed by atoms with van der Waals surface area (Å²) in [6.45, 7) is 8.76. The number of carbonyl (C=O) groups is 1. The fourth-order valence-electron chi connectivity index (χ4n) is 2.64. The van der Waals surface area contributed by atoms with Crippen molar-refractivity contribution in [3.63, 3.8) is 0 Å². The number of nitrogens with zero attached hydrogens (tertiary/aromatic N) is 2. The Labute approximate surface area is 167 Å². The van der Waals surface area contributed by atoms with Crippen LogP contribution in [0.4, 0.5) is 6.01 Å². The third-order valence-electron chi connectivity index (χ3n) is 4.00. The van der Waals surface area contributed by atoms with Crippen LogP contribution in [0.3, 0.4) is 0 Å². The minimum Gasteiger partial charge on any atom is -0.431 e. The van der Waals surface area contributed by atoms with Gasteiger partial charge in [-0.3, -0.25) is 9.69 Å². The van der Waals surface area contributed by atoms with Gasteiger partial charge in [-0.25, -0.2) is 0 Å². The first-order chi connectivity index (χ1) is 13.3. The molecule has 0 spiro atoms. The second kappa shape index (κ2) is 8.28. The minimum absolute atomic E-state index is 0.175. The zero-order valence-corrected chi connectivity index (χ0v) is 17.7. The first-order valence-electron chi connectivity index (χ1n) is 9.23. The highest BCUT2D eigenvalue weighted by Crippen LogP contribution is 2.21. The third kappa shape index (κ3) is 4.99. The van der Waals surface area contributed by atoms with Gasteiger partial charge in [0.1, 0.15) is 14.3 Å². The maximum atomic E-state index is 13.5. The predicted molar refractivity (Wildman–Crippen MR) is 115 cm³/mol. The number of oxazole rings is 1. The Balaban J connectivity index is 2.01. The zero-order chi connectivity index (χ0) is 20.1. The number of anilines is 1. The number of rotatable bonds is 4. The van der Waals surface area contributed by atoms with Crippen molar-refractivity contribution in [3.8, 4) is 11.5 Å². The van der Waals surface area contributed by atoms with E-state index in [4.69, 9.17) is 4.42 Å². The second-order valence-electron chi connectivity index (χ2n) is 7.69. The van der Waals surface area contributed by atoms with E-state index < -0.39 is 8.07 Å². The summed E-state index contributed by atoms with van der Waals surface area (Å²) in [5.74, 6) is 3.05. The monoisotopic (exact) mass is 388 g/mol. The molecule has 0 atom stereocenters. The molecule has 0 unspecified atom stereocenters. The second-order valence-corrected chi connectivity index (χ2v) is 12.4. The largest absolute Gasteiger partial charge is 0.431 e. The zero-order valence-electron chi connectivity index (χ0n) is 16.7. The lowest BCUT2D eigenvalue weighted by Crippen LogP contribution is -2.31. The van der Waals surface area contributed by atoms with Crippen LogP contribution in [-0.2, 0) is 6.54 Å². The number of hydrogen-bond donors (Lipinski definition) is 0. The summed E-state index contributed by atoms with van der Waals surface area (Å²) in [7, 11) is -1.56. The van der Waals surface area contributed by atoms with Crippen molar-refractivity contribution < 1.29 is 9.21 Å². The maximum Gasteiger partial charge on any atom is 0.304 e. The molecule has 0 aliphatic rings. The van der Waals surface area contributed by atoms with E-state index in [9.17, 15) is 4.79 Å². The molecule has 1 amide bonds. The Hall–Kier alpha value is -3.10. The summed E-state index contributed by atoms with van der Waals surface area (Å²) in [5, 5.41) is 0. The molecule has 0 N–H and O–H groups in total. The van der Waals surface area contributed by atoms with Gasteiger partial charge in [0.15, 0.2) is 0 Å². The fraction of sp³-hybridized carbons (Fsp3) is 0.217. The van der Waals surface area contributed by atoms with Crippen LogP contribution in [0.25, 0.3) is 0 Å². The average Bonchev–Trinajstić information content (AvgIpc) is 3.10. The van der Waals surface area contributed by atoms with Gasteiger partial charge in [0.2, 0.25) is 0 Å². The molecule has 3 aromatic rings. The van der Waals surface area contributed by atoms with Crippen molar-refractivity contribution in [3.05, 3.63) is 83.2 Å². The van der Waals surface area contributed by atoms with Gasteiger partial charge >= 0.3 is 6.01 Å². The van der Waals surface area contributed by atoms with Crippen LogP contribution in [0, 0.1) is 18.4 Å². The molecular formula is C23H24N2O2Si. The van der Waals surface area contributed by atoms with E-state index in [1.807, 2.05) is 61.5 Å². The highest BCUT2D eigenvalue weighted by atomic mass is 28.3. The van der Waals surface area contributed by atoms with Crippen molar-refractivity contribution in [1.29, 1.82) is 0 Å². The molecule has 0 saturated heterocycles. The van der Waals surface area contributed by atoms with Crippen LogP contribution in [0.1, 0.15) is 27.2 Å². The van der Waals surface area contributed by atoms with E-state index in [-0.39, 0.29) is 5.91 Å². The molecule has 0 radical (unpaired) electrons. The molecule has 4 nitrogen and oxygen atoms in total. The van der Waals surface area contributed by atoms with Gasteiger partial charge in [-0.1, -0.05) is 68.0 Å². The van der Waals surface area contributed by atoms with Gasteiger partial charge in [-0.2, -0.15) is 4.98 Å². The number of hydrogen-bond acceptors (Lipinski definition) is 3. The summed E-state index contributed by atoms with van der Waals surface area (Å²) in [6, 6.07) is 17.6. The molecule has 1 aromatic heterocycles. The van der Waals surface area contributed by atoms with E-state index in [1.54, 1.807) is 11.2 Å². The highest BCUT2D eigenvalue weighted by Gasteiger charge is 2.24. The van der Waals surface area contributed by atoms with Crippen molar-refractivity contribution in [2.45, 2.75) is 33.1 Å².